The summed E-state index contributed by atoms with van der Waals surface area (Å²) in [5.74, 6) is 1.22. The number of rotatable bonds is 4. The third-order valence-electron chi connectivity index (χ3n) is 3.18. The summed E-state index contributed by atoms with van der Waals surface area (Å²) >= 11 is 0. The van der Waals surface area contributed by atoms with E-state index in [0.29, 0.717) is 22.7 Å². The number of oxazole rings is 1. The van der Waals surface area contributed by atoms with Gasteiger partial charge in [-0.15, -0.1) is 0 Å². The third-order valence-corrected chi connectivity index (χ3v) is 3.18. The van der Waals surface area contributed by atoms with Crippen LogP contribution in [0.15, 0.2) is 52.9 Å². The van der Waals surface area contributed by atoms with E-state index in [1.807, 2.05) is 48.5 Å². The Morgan fingerprint density at radius 1 is 1.00 bits per heavy atom. The number of methoxy groups -OCH3 is 2. The molecule has 3 rings (SSSR count). The second kappa shape index (κ2) is 5.35. The van der Waals surface area contributed by atoms with Gasteiger partial charge in [0.2, 0.25) is 5.89 Å². The van der Waals surface area contributed by atoms with Crippen molar-refractivity contribution in [1.82, 2.24) is 4.98 Å². The summed E-state index contributed by atoms with van der Waals surface area (Å²) in [5, 5.41) is 0. The molecule has 0 saturated carbocycles. The van der Waals surface area contributed by atoms with E-state index in [4.69, 9.17) is 13.9 Å². The Kier molecular flexibility index (Phi) is 3.39. The topological polar surface area (TPSA) is 44.5 Å². The summed E-state index contributed by atoms with van der Waals surface area (Å²) in [5.41, 5.74) is 2.40. The average Bonchev–Trinajstić information content (AvgIpc) is 2.92. The fourth-order valence-electron chi connectivity index (χ4n) is 2.22. The highest BCUT2D eigenvalue weighted by Gasteiger charge is 2.20. The molecular weight excluding hydrogens is 254 g/mol. The maximum Gasteiger partial charge on any atom is 0.229 e. The molecule has 0 N–H and O–H groups in total. The lowest BCUT2D eigenvalue weighted by Crippen LogP contribution is -2.03. The van der Waals surface area contributed by atoms with Crippen LogP contribution in [0.25, 0.3) is 11.1 Å². The van der Waals surface area contributed by atoms with Crippen LogP contribution in [0.1, 0.15) is 17.6 Å². The summed E-state index contributed by atoms with van der Waals surface area (Å²) in [6, 6.07) is 15.5. The summed E-state index contributed by atoms with van der Waals surface area (Å²) < 4.78 is 16.6. The van der Waals surface area contributed by atoms with Gasteiger partial charge in [0, 0.05) is 7.11 Å². The van der Waals surface area contributed by atoms with E-state index in [-0.39, 0.29) is 6.10 Å². The number of fused-ring (bicyclic) bond motifs is 1. The monoisotopic (exact) mass is 269 g/mol. The second-order valence-electron chi connectivity index (χ2n) is 4.39. The first kappa shape index (κ1) is 12.7. The van der Waals surface area contributed by atoms with Crippen molar-refractivity contribution < 1.29 is 13.9 Å². The second-order valence-corrected chi connectivity index (χ2v) is 4.39. The zero-order valence-corrected chi connectivity index (χ0v) is 11.4. The maximum absolute atomic E-state index is 5.80. The van der Waals surface area contributed by atoms with Crippen molar-refractivity contribution in [3.05, 3.63) is 60.0 Å². The van der Waals surface area contributed by atoms with Crippen molar-refractivity contribution in [3.8, 4) is 5.75 Å². The molecule has 3 aromatic rings. The minimum atomic E-state index is -0.326. The molecule has 20 heavy (non-hydrogen) atoms. The number of aromatic nitrogens is 1. The summed E-state index contributed by atoms with van der Waals surface area (Å²) in [7, 11) is 3.26. The van der Waals surface area contributed by atoms with Gasteiger partial charge in [-0.2, -0.15) is 0 Å². The van der Waals surface area contributed by atoms with Crippen LogP contribution in [0.5, 0.6) is 5.75 Å². The highest BCUT2D eigenvalue weighted by Crippen LogP contribution is 2.31. The first-order chi connectivity index (χ1) is 9.83. The molecule has 4 nitrogen and oxygen atoms in total. The number of para-hydroxylation sites is 1. The minimum absolute atomic E-state index is 0.326. The molecule has 0 aliphatic rings. The van der Waals surface area contributed by atoms with E-state index < -0.39 is 0 Å². The number of benzene rings is 2. The van der Waals surface area contributed by atoms with Crippen LogP contribution in [0, 0.1) is 0 Å². The van der Waals surface area contributed by atoms with E-state index in [1.165, 1.54) is 0 Å². The van der Waals surface area contributed by atoms with E-state index in [9.17, 15) is 0 Å². The smallest absolute Gasteiger partial charge is 0.229 e. The Morgan fingerprint density at radius 2 is 1.80 bits per heavy atom. The third kappa shape index (κ3) is 2.14. The molecule has 1 heterocycles. The summed E-state index contributed by atoms with van der Waals surface area (Å²) in [4.78, 5) is 4.51. The molecule has 0 spiro atoms. The Bertz CT molecular complexity index is 706. The van der Waals surface area contributed by atoms with Crippen LogP contribution >= 0.6 is 0 Å². The van der Waals surface area contributed by atoms with Gasteiger partial charge in [-0.25, -0.2) is 4.98 Å². The highest BCUT2D eigenvalue weighted by atomic mass is 16.5. The Labute approximate surface area is 117 Å². The first-order valence-corrected chi connectivity index (χ1v) is 6.34. The molecule has 0 saturated heterocycles. The lowest BCUT2D eigenvalue weighted by molar-refractivity contribution is 0.113. The predicted octanol–water partition coefficient (Wildman–Crippen LogP) is 3.57. The number of hydrogen-bond acceptors (Lipinski definition) is 4. The standard InChI is InChI=1S/C16H15NO3/c1-18-12-9-6-10-13-14(12)17-16(20-13)15(19-2)11-7-4-3-5-8-11/h3-10,15H,1-2H3. The lowest BCUT2D eigenvalue weighted by atomic mass is 10.1. The number of nitrogens with zero attached hydrogens (tertiary/aromatic N) is 1. The van der Waals surface area contributed by atoms with Gasteiger partial charge in [-0.1, -0.05) is 36.4 Å². The molecule has 0 aliphatic heterocycles. The summed E-state index contributed by atoms with van der Waals surface area (Å²) in [6.45, 7) is 0. The SMILES string of the molecule is COc1cccc2oc(C(OC)c3ccccc3)nc12. The largest absolute Gasteiger partial charge is 0.494 e. The van der Waals surface area contributed by atoms with Gasteiger partial charge < -0.3 is 13.9 Å². The Hall–Kier alpha value is -2.33. The summed E-state index contributed by atoms with van der Waals surface area (Å²) in [6.07, 6.45) is -0.326. The molecule has 1 unspecified atom stereocenters. The van der Waals surface area contributed by atoms with Crippen molar-refractivity contribution >= 4 is 11.1 Å². The Balaban J connectivity index is 2.09. The fourth-order valence-corrected chi connectivity index (χ4v) is 2.22. The van der Waals surface area contributed by atoms with Gasteiger partial charge >= 0.3 is 0 Å². The molecule has 1 aromatic heterocycles. The molecule has 0 amide bonds. The normalized spacial score (nSPS) is 12.5. The zero-order chi connectivity index (χ0) is 13.9. The van der Waals surface area contributed by atoms with Crippen LogP contribution in [0.2, 0.25) is 0 Å². The fraction of sp³-hybridized carbons (Fsp3) is 0.188. The van der Waals surface area contributed by atoms with Gasteiger partial charge in [0.05, 0.1) is 7.11 Å². The molecular formula is C16H15NO3. The zero-order valence-electron chi connectivity index (χ0n) is 11.4. The Morgan fingerprint density at radius 3 is 2.50 bits per heavy atom. The van der Waals surface area contributed by atoms with Crippen LogP contribution < -0.4 is 4.74 Å². The van der Waals surface area contributed by atoms with Crippen molar-refractivity contribution in [2.24, 2.45) is 0 Å². The van der Waals surface area contributed by atoms with E-state index in [2.05, 4.69) is 4.98 Å². The van der Waals surface area contributed by atoms with E-state index in [1.54, 1.807) is 14.2 Å². The van der Waals surface area contributed by atoms with Crippen molar-refractivity contribution in [3.63, 3.8) is 0 Å². The van der Waals surface area contributed by atoms with Crippen LogP contribution in [-0.2, 0) is 4.74 Å². The molecule has 0 aliphatic carbocycles. The van der Waals surface area contributed by atoms with Crippen molar-refractivity contribution in [1.29, 1.82) is 0 Å². The van der Waals surface area contributed by atoms with Gasteiger partial charge in [0.25, 0.3) is 0 Å². The van der Waals surface area contributed by atoms with Gasteiger partial charge in [0.1, 0.15) is 5.75 Å². The van der Waals surface area contributed by atoms with Gasteiger partial charge in [-0.05, 0) is 17.7 Å². The molecule has 0 radical (unpaired) electrons. The van der Waals surface area contributed by atoms with Gasteiger partial charge in [-0.3, -0.25) is 0 Å². The minimum Gasteiger partial charge on any atom is -0.494 e. The van der Waals surface area contributed by atoms with Crippen LogP contribution in [0.4, 0.5) is 0 Å². The maximum atomic E-state index is 5.80. The van der Waals surface area contributed by atoms with Crippen molar-refractivity contribution in [2.45, 2.75) is 6.10 Å². The van der Waals surface area contributed by atoms with Crippen molar-refractivity contribution in [2.75, 3.05) is 14.2 Å². The van der Waals surface area contributed by atoms with Crippen LogP contribution in [-0.4, -0.2) is 19.2 Å². The van der Waals surface area contributed by atoms with E-state index in [0.717, 1.165) is 5.56 Å². The molecule has 2 aromatic carbocycles. The average molecular weight is 269 g/mol. The van der Waals surface area contributed by atoms with E-state index >= 15 is 0 Å². The lowest BCUT2D eigenvalue weighted by Gasteiger charge is -2.11. The van der Waals surface area contributed by atoms with Gasteiger partial charge in [0.15, 0.2) is 17.2 Å². The molecule has 0 bridgehead atoms. The quantitative estimate of drug-likeness (QED) is 0.726. The predicted molar refractivity (Wildman–Crippen MR) is 75.9 cm³/mol. The molecule has 102 valence electrons. The highest BCUT2D eigenvalue weighted by molar-refractivity contribution is 5.79. The number of hydrogen-bond donors (Lipinski definition) is 0. The molecule has 4 heteroatoms. The molecule has 1 atom stereocenters. The first-order valence-electron chi connectivity index (χ1n) is 6.34. The molecule has 0 fully saturated rings. The number of ether oxygens (including phenoxy) is 2. The van der Waals surface area contributed by atoms with Crippen LogP contribution in [0.3, 0.4) is 0 Å².